The van der Waals surface area contributed by atoms with E-state index in [9.17, 15) is 19.5 Å². The SMILES string of the molecule is Cc1ccc(=O)[nH]c1C(=O)N[C@@H](Cc1ccccc1)C(O)C(=O)NCCc1ccccc1. The van der Waals surface area contributed by atoms with Crippen LogP contribution in [0.4, 0.5) is 0 Å². The van der Waals surface area contributed by atoms with Crippen molar-refractivity contribution < 1.29 is 14.7 Å². The Kier molecular flexibility index (Phi) is 7.94. The lowest BCUT2D eigenvalue weighted by atomic mass is 10.00. The molecule has 0 radical (unpaired) electrons. The number of hydrogen-bond donors (Lipinski definition) is 4. The van der Waals surface area contributed by atoms with Gasteiger partial charge in [0, 0.05) is 12.6 Å². The summed E-state index contributed by atoms with van der Waals surface area (Å²) in [7, 11) is 0. The van der Waals surface area contributed by atoms with Crippen LogP contribution < -0.4 is 16.2 Å². The molecule has 4 N–H and O–H groups in total. The van der Waals surface area contributed by atoms with E-state index in [-0.39, 0.29) is 12.1 Å². The summed E-state index contributed by atoms with van der Waals surface area (Å²) in [4.78, 5) is 39.6. The highest BCUT2D eigenvalue weighted by Crippen LogP contribution is 2.09. The summed E-state index contributed by atoms with van der Waals surface area (Å²) in [6.07, 6.45) is -0.597. The van der Waals surface area contributed by atoms with Crippen LogP contribution in [0.15, 0.2) is 77.6 Å². The second-order valence-electron chi connectivity index (χ2n) is 7.62. The zero-order chi connectivity index (χ0) is 22.9. The number of carbonyl (C=O) groups is 2. The van der Waals surface area contributed by atoms with E-state index in [0.717, 1.165) is 11.1 Å². The minimum Gasteiger partial charge on any atom is -0.381 e. The average molecular weight is 434 g/mol. The smallest absolute Gasteiger partial charge is 0.268 e. The van der Waals surface area contributed by atoms with Crippen molar-refractivity contribution >= 4 is 11.8 Å². The van der Waals surface area contributed by atoms with Crippen LogP contribution in [0.2, 0.25) is 0 Å². The molecule has 0 spiro atoms. The molecule has 0 aliphatic carbocycles. The van der Waals surface area contributed by atoms with Gasteiger partial charge in [0.2, 0.25) is 5.56 Å². The molecule has 3 aromatic rings. The number of carbonyl (C=O) groups excluding carboxylic acids is 2. The molecule has 0 saturated carbocycles. The second kappa shape index (κ2) is 11.1. The lowest BCUT2D eigenvalue weighted by molar-refractivity contribution is -0.130. The molecule has 2 atom stereocenters. The molecule has 7 nitrogen and oxygen atoms in total. The van der Waals surface area contributed by atoms with E-state index >= 15 is 0 Å². The number of pyridine rings is 1. The Morgan fingerprint density at radius 3 is 2.22 bits per heavy atom. The number of aliphatic hydroxyl groups excluding tert-OH is 1. The second-order valence-corrected chi connectivity index (χ2v) is 7.62. The number of aliphatic hydroxyl groups is 1. The number of amides is 2. The number of aromatic amines is 1. The van der Waals surface area contributed by atoms with Crippen LogP contribution in [0.5, 0.6) is 0 Å². The van der Waals surface area contributed by atoms with E-state index in [1.54, 1.807) is 13.0 Å². The number of hydrogen-bond acceptors (Lipinski definition) is 4. The van der Waals surface area contributed by atoms with E-state index in [4.69, 9.17) is 0 Å². The number of aromatic nitrogens is 1. The molecule has 7 heteroatoms. The van der Waals surface area contributed by atoms with Gasteiger partial charge in [-0.2, -0.15) is 0 Å². The Bertz CT molecular complexity index is 1100. The van der Waals surface area contributed by atoms with Gasteiger partial charge >= 0.3 is 0 Å². The van der Waals surface area contributed by atoms with Gasteiger partial charge in [0.1, 0.15) is 5.69 Å². The van der Waals surface area contributed by atoms with Crippen LogP contribution in [0, 0.1) is 6.92 Å². The summed E-state index contributed by atoms with van der Waals surface area (Å²) in [5.74, 6) is -1.13. The lowest BCUT2D eigenvalue weighted by Crippen LogP contribution is -2.52. The van der Waals surface area contributed by atoms with Crippen LogP contribution in [-0.2, 0) is 17.6 Å². The molecule has 1 aromatic heterocycles. The molecular formula is C25H27N3O4. The first-order chi connectivity index (χ1) is 15.4. The Hall–Kier alpha value is -3.71. The molecule has 0 fully saturated rings. The van der Waals surface area contributed by atoms with Gasteiger partial charge in [0.05, 0.1) is 6.04 Å². The summed E-state index contributed by atoms with van der Waals surface area (Å²) in [6, 6.07) is 21.0. The van der Waals surface area contributed by atoms with Crippen molar-refractivity contribution in [3.63, 3.8) is 0 Å². The predicted molar refractivity (Wildman–Crippen MR) is 122 cm³/mol. The van der Waals surface area contributed by atoms with Gasteiger partial charge in [-0.15, -0.1) is 0 Å². The van der Waals surface area contributed by atoms with E-state index in [1.807, 2.05) is 60.7 Å². The summed E-state index contributed by atoms with van der Waals surface area (Å²) >= 11 is 0. The molecule has 1 heterocycles. The van der Waals surface area contributed by atoms with Crippen molar-refractivity contribution in [3.05, 3.63) is 106 Å². The number of H-pyrrole nitrogens is 1. The summed E-state index contributed by atoms with van der Waals surface area (Å²) in [5, 5.41) is 16.2. The first kappa shape index (κ1) is 23.0. The van der Waals surface area contributed by atoms with Gasteiger partial charge in [-0.1, -0.05) is 66.7 Å². The van der Waals surface area contributed by atoms with E-state index in [2.05, 4.69) is 15.6 Å². The standard InChI is InChI=1S/C25H27N3O4/c1-17-12-13-21(29)28-22(17)24(31)27-20(16-19-10-6-3-7-11-19)23(30)25(32)26-15-14-18-8-4-2-5-9-18/h2-13,20,23,30H,14-16H2,1H3,(H,26,32)(H,27,31)(H,28,29)/t20-,23?/m0/s1. The zero-order valence-electron chi connectivity index (χ0n) is 17.9. The Labute approximate surface area is 186 Å². The number of aryl methyl sites for hydroxylation is 1. The molecule has 0 aliphatic heterocycles. The third kappa shape index (κ3) is 6.39. The minimum absolute atomic E-state index is 0.104. The van der Waals surface area contributed by atoms with Crippen LogP contribution in [0.25, 0.3) is 0 Å². The van der Waals surface area contributed by atoms with Crippen molar-refractivity contribution in [1.82, 2.24) is 15.6 Å². The van der Waals surface area contributed by atoms with Crippen LogP contribution in [0.3, 0.4) is 0 Å². The summed E-state index contributed by atoms with van der Waals surface area (Å²) in [5.41, 5.74) is 2.21. The fourth-order valence-electron chi connectivity index (χ4n) is 3.40. The third-order valence-electron chi connectivity index (χ3n) is 5.17. The highest BCUT2D eigenvalue weighted by Gasteiger charge is 2.28. The Morgan fingerprint density at radius 1 is 0.938 bits per heavy atom. The van der Waals surface area contributed by atoms with Crippen molar-refractivity contribution in [3.8, 4) is 0 Å². The molecule has 0 saturated heterocycles. The zero-order valence-corrected chi connectivity index (χ0v) is 17.9. The molecule has 166 valence electrons. The molecule has 2 aromatic carbocycles. The maximum atomic E-state index is 12.8. The third-order valence-corrected chi connectivity index (χ3v) is 5.17. The van der Waals surface area contributed by atoms with Crippen LogP contribution >= 0.6 is 0 Å². The quantitative estimate of drug-likeness (QED) is 0.412. The first-order valence-electron chi connectivity index (χ1n) is 10.5. The largest absolute Gasteiger partial charge is 0.381 e. The van der Waals surface area contributed by atoms with Gasteiger partial charge in [-0.3, -0.25) is 14.4 Å². The van der Waals surface area contributed by atoms with E-state index < -0.39 is 29.5 Å². The van der Waals surface area contributed by atoms with Crippen molar-refractivity contribution in [2.24, 2.45) is 0 Å². The predicted octanol–water partition coefficient (Wildman–Crippen LogP) is 1.74. The molecule has 2 amide bonds. The maximum Gasteiger partial charge on any atom is 0.268 e. The topological polar surface area (TPSA) is 111 Å². The van der Waals surface area contributed by atoms with Gasteiger partial charge in [0.15, 0.2) is 6.10 Å². The normalized spacial score (nSPS) is 12.6. The summed E-state index contributed by atoms with van der Waals surface area (Å²) in [6.45, 7) is 2.06. The van der Waals surface area contributed by atoms with Gasteiger partial charge < -0.3 is 20.7 Å². The van der Waals surface area contributed by atoms with Gasteiger partial charge in [0.25, 0.3) is 11.8 Å². The van der Waals surface area contributed by atoms with Gasteiger partial charge in [-0.25, -0.2) is 0 Å². The van der Waals surface area contributed by atoms with Crippen molar-refractivity contribution in [2.75, 3.05) is 6.54 Å². The average Bonchev–Trinajstić information content (AvgIpc) is 2.81. The molecule has 1 unspecified atom stereocenters. The maximum absolute atomic E-state index is 12.8. The van der Waals surface area contributed by atoms with Crippen molar-refractivity contribution in [2.45, 2.75) is 31.9 Å². The number of benzene rings is 2. The fraction of sp³-hybridized carbons (Fsp3) is 0.240. The molecule has 3 rings (SSSR count). The number of nitrogens with one attached hydrogen (secondary N) is 3. The summed E-state index contributed by atoms with van der Waals surface area (Å²) < 4.78 is 0. The Balaban J connectivity index is 1.71. The minimum atomic E-state index is -1.47. The fourth-order valence-corrected chi connectivity index (χ4v) is 3.40. The highest BCUT2D eigenvalue weighted by molar-refractivity contribution is 5.94. The first-order valence-corrected chi connectivity index (χ1v) is 10.5. The van der Waals surface area contributed by atoms with Crippen LogP contribution in [0.1, 0.15) is 27.2 Å². The van der Waals surface area contributed by atoms with E-state index in [0.29, 0.717) is 18.5 Å². The molecule has 0 aliphatic rings. The molecule has 0 bridgehead atoms. The molecule has 32 heavy (non-hydrogen) atoms. The van der Waals surface area contributed by atoms with Gasteiger partial charge in [-0.05, 0) is 36.5 Å². The van der Waals surface area contributed by atoms with Crippen molar-refractivity contribution in [1.29, 1.82) is 0 Å². The highest BCUT2D eigenvalue weighted by atomic mass is 16.3. The van der Waals surface area contributed by atoms with Crippen LogP contribution in [-0.4, -0.2) is 40.6 Å². The molecular weight excluding hydrogens is 406 g/mol. The van der Waals surface area contributed by atoms with E-state index in [1.165, 1.54) is 6.07 Å². The Morgan fingerprint density at radius 2 is 1.56 bits per heavy atom. The number of rotatable bonds is 9. The monoisotopic (exact) mass is 433 g/mol. The lowest BCUT2D eigenvalue weighted by Gasteiger charge is -2.24.